The van der Waals surface area contributed by atoms with Crippen LogP contribution in [0, 0.1) is 0 Å². The van der Waals surface area contributed by atoms with Crippen molar-refractivity contribution in [2.24, 2.45) is 0 Å². The second-order valence-electron chi connectivity index (χ2n) is 7.64. The smallest absolute Gasteiger partial charge is 0.345 e. The van der Waals surface area contributed by atoms with Gasteiger partial charge in [-0.3, -0.25) is 4.84 Å². The van der Waals surface area contributed by atoms with Crippen LogP contribution in [-0.4, -0.2) is 62.2 Å². The third kappa shape index (κ3) is 4.95. The average Bonchev–Trinajstić information content (AvgIpc) is 3.11. The van der Waals surface area contributed by atoms with E-state index in [1.807, 2.05) is 36.4 Å². The van der Waals surface area contributed by atoms with Crippen LogP contribution < -0.4 is 4.74 Å². The van der Waals surface area contributed by atoms with E-state index in [2.05, 4.69) is 0 Å². The van der Waals surface area contributed by atoms with Gasteiger partial charge in [-0.05, 0) is 35.7 Å². The third-order valence-corrected chi connectivity index (χ3v) is 5.57. The summed E-state index contributed by atoms with van der Waals surface area (Å²) >= 11 is 0. The first-order valence-corrected chi connectivity index (χ1v) is 10.9. The fraction of sp³-hybridized carbons (Fsp3) is 0.417. The van der Waals surface area contributed by atoms with Crippen molar-refractivity contribution >= 4 is 12.0 Å². The van der Waals surface area contributed by atoms with Gasteiger partial charge in [0.25, 0.3) is 0 Å². The standard InChI is InChI=1S/C24H28N2O7/c1-3-31-23(27)22-19-10-9-18(32-16-30-12-11-29-2)13-20(19)21-14-25(22)24(28)26(21)33-15-17-7-5-4-6-8-17/h4-10,13,21-22H,3,11-12,14-16H2,1-2H3. The van der Waals surface area contributed by atoms with Crippen molar-refractivity contribution < 1.29 is 33.4 Å². The van der Waals surface area contributed by atoms with Crippen molar-refractivity contribution in [3.63, 3.8) is 0 Å². The number of carbonyl (C=O) groups is 2. The van der Waals surface area contributed by atoms with Gasteiger partial charge in [0.15, 0.2) is 12.8 Å². The van der Waals surface area contributed by atoms with Crippen LogP contribution in [0.1, 0.15) is 35.7 Å². The van der Waals surface area contributed by atoms with Crippen LogP contribution in [0.25, 0.3) is 0 Å². The lowest BCUT2D eigenvalue weighted by molar-refractivity contribution is -0.149. The molecule has 176 valence electrons. The van der Waals surface area contributed by atoms with E-state index in [0.29, 0.717) is 31.1 Å². The molecule has 0 aliphatic carbocycles. The minimum atomic E-state index is -0.832. The monoisotopic (exact) mass is 456 g/mol. The molecule has 0 N–H and O–H groups in total. The van der Waals surface area contributed by atoms with E-state index >= 15 is 0 Å². The largest absolute Gasteiger partial charge is 0.468 e. The van der Waals surface area contributed by atoms with Gasteiger partial charge < -0.3 is 23.8 Å². The Morgan fingerprint density at radius 3 is 2.67 bits per heavy atom. The number of carbonyl (C=O) groups excluding carboxylic acids is 2. The van der Waals surface area contributed by atoms with Crippen LogP contribution in [0.4, 0.5) is 4.79 Å². The summed E-state index contributed by atoms with van der Waals surface area (Å²) < 4.78 is 21.3. The molecule has 9 nitrogen and oxygen atoms in total. The second-order valence-corrected chi connectivity index (χ2v) is 7.64. The predicted molar refractivity (Wildman–Crippen MR) is 117 cm³/mol. The number of benzene rings is 2. The molecule has 2 aromatic carbocycles. The molecular weight excluding hydrogens is 428 g/mol. The maximum absolute atomic E-state index is 13.2. The first-order valence-electron chi connectivity index (χ1n) is 10.9. The van der Waals surface area contributed by atoms with E-state index in [0.717, 1.165) is 11.1 Å². The Morgan fingerprint density at radius 2 is 1.91 bits per heavy atom. The molecule has 1 saturated heterocycles. The number of ether oxygens (including phenoxy) is 4. The molecule has 33 heavy (non-hydrogen) atoms. The van der Waals surface area contributed by atoms with Crippen molar-refractivity contribution in [3.8, 4) is 5.75 Å². The number of nitrogens with zero attached hydrogens (tertiary/aromatic N) is 2. The summed E-state index contributed by atoms with van der Waals surface area (Å²) in [6.45, 7) is 3.48. The molecular formula is C24H28N2O7. The molecule has 2 bridgehead atoms. The van der Waals surface area contributed by atoms with Gasteiger partial charge in [0.2, 0.25) is 0 Å². The zero-order chi connectivity index (χ0) is 23.2. The summed E-state index contributed by atoms with van der Waals surface area (Å²) in [5.41, 5.74) is 2.43. The number of hydrogen-bond donors (Lipinski definition) is 0. The summed E-state index contributed by atoms with van der Waals surface area (Å²) in [6, 6.07) is 13.4. The summed E-state index contributed by atoms with van der Waals surface area (Å²) in [7, 11) is 1.60. The number of urea groups is 1. The molecule has 2 aliphatic rings. The molecule has 0 radical (unpaired) electrons. The molecule has 0 saturated carbocycles. The molecule has 0 aromatic heterocycles. The van der Waals surface area contributed by atoms with Crippen LogP contribution in [-0.2, 0) is 30.4 Å². The number of rotatable bonds is 11. The van der Waals surface area contributed by atoms with Gasteiger partial charge in [0.05, 0.1) is 26.4 Å². The van der Waals surface area contributed by atoms with E-state index < -0.39 is 12.0 Å². The van der Waals surface area contributed by atoms with Crippen molar-refractivity contribution in [2.45, 2.75) is 25.6 Å². The highest BCUT2D eigenvalue weighted by Crippen LogP contribution is 2.45. The maximum atomic E-state index is 13.2. The SMILES string of the molecule is CCOC(=O)C1c2ccc(OCOCCOC)cc2C2CN1C(=O)N2OCc1ccccc1. The maximum Gasteiger partial charge on any atom is 0.345 e. The van der Waals surface area contributed by atoms with Gasteiger partial charge in [-0.25, -0.2) is 9.59 Å². The first kappa shape index (κ1) is 23.0. The molecule has 2 aromatic rings. The molecule has 1 fully saturated rings. The molecule has 4 rings (SSSR count). The predicted octanol–water partition coefficient (Wildman–Crippen LogP) is 3.21. The molecule has 2 aliphatic heterocycles. The molecule has 9 heteroatoms. The molecule has 2 heterocycles. The molecule has 0 spiro atoms. The van der Waals surface area contributed by atoms with Crippen molar-refractivity contribution in [2.75, 3.05) is 40.3 Å². The Balaban J connectivity index is 1.57. The van der Waals surface area contributed by atoms with Crippen molar-refractivity contribution in [1.82, 2.24) is 9.96 Å². The highest BCUT2D eigenvalue weighted by Gasteiger charge is 2.51. The Morgan fingerprint density at radius 1 is 1.09 bits per heavy atom. The fourth-order valence-corrected chi connectivity index (χ4v) is 4.04. The lowest BCUT2D eigenvalue weighted by atomic mass is 9.91. The van der Waals surface area contributed by atoms with Gasteiger partial charge in [0.1, 0.15) is 18.4 Å². The Bertz CT molecular complexity index is 969. The van der Waals surface area contributed by atoms with Crippen molar-refractivity contribution in [3.05, 3.63) is 65.2 Å². The average molecular weight is 456 g/mol. The number of methoxy groups -OCH3 is 1. The second kappa shape index (κ2) is 10.7. The quantitative estimate of drug-likeness (QED) is 0.292. The van der Waals surface area contributed by atoms with Gasteiger partial charge >= 0.3 is 12.0 Å². The lowest BCUT2D eigenvalue weighted by Crippen LogP contribution is -2.39. The van der Waals surface area contributed by atoms with E-state index in [9.17, 15) is 9.59 Å². The van der Waals surface area contributed by atoms with Crippen LogP contribution >= 0.6 is 0 Å². The van der Waals surface area contributed by atoms with Crippen molar-refractivity contribution in [1.29, 1.82) is 0 Å². The minimum absolute atomic E-state index is 0.0629. The van der Waals surface area contributed by atoms with Crippen LogP contribution in [0.2, 0.25) is 0 Å². The van der Waals surface area contributed by atoms with Crippen LogP contribution in [0.5, 0.6) is 5.75 Å². The summed E-state index contributed by atoms with van der Waals surface area (Å²) in [5, 5.41) is 1.35. The topological polar surface area (TPSA) is 86.8 Å². The number of hydroxylamine groups is 2. The lowest BCUT2D eigenvalue weighted by Gasteiger charge is -2.31. The third-order valence-electron chi connectivity index (χ3n) is 5.57. The molecule has 2 atom stereocenters. The van der Waals surface area contributed by atoms with E-state index in [1.54, 1.807) is 26.2 Å². The van der Waals surface area contributed by atoms with E-state index in [1.165, 1.54) is 9.96 Å². The minimum Gasteiger partial charge on any atom is -0.468 e. The highest BCUT2D eigenvalue weighted by molar-refractivity contribution is 5.88. The normalized spacial score (nSPS) is 18.9. The zero-order valence-corrected chi connectivity index (χ0v) is 18.8. The van der Waals surface area contributed by atoms with Crippen LogP contribution in [0.15, 0.2) is 48.5 Å². The Kier molecular flexibility index (Phi) is 7.43. The van der Waals surface area contributed by atoms with Gasteiger partial charge in [-0.1, -0.05) is 36.4 Å². The molecule has 2 unspecified atom stereocenters. The molecule has 2 amide bonds. The Hall–Kier alpha value is -3.14. The number of amides is 2. The number of fused-ring (bicyclic) bond motifs is 4. The Labute approximate surface area is 192 Å². The van der Waals surface area contributed by atoms with Gasteiger partial charge in [-0.15, -0.1) is 0 Å². The summed E-state index contributed by atoms with van der Waals surface area (Å²) in [4.78, 5) is 33.4. The van der Waals surface area contributed by atoms with E-state index in [4.69, 9.17) is 23.8 Å². The van der Waals surface area contributed by atoms with Gasteiger partial charge in [0, 0.05) is 7.11 Å². The first-order chi connectivity index (χ1) is 16.1. The zero-order valence-electron chi connectivity index (χ0n) is 18.8. The van der Waals surface area contributed by atoms with Crippen LogP contribution in [0.3, 0.4) is 0 Å². The van der Waals surface area contributed by atoms with E-state index in [-0.39, 0.29) is 32.1 Å². The van der Waals surface area contributed by atoms with Gasteiger partial charge in [-0.2, -0.15) is 5.06 Å². The number of esters is 1. The number of hydrogen-bond acceptors (Lipinski definition) is 7. The highest BCUT2D eigenvalue weighted by atomic mass is 16.7. The summed E-state index contributed by atoms with van der Waals surface area (Å²) in [5.74, 6) is 0.108. The fourth-order valence-electron chi connectivity index (χ4n) is 4.04. The summed E-state index contributed by atoms with van der Waals surface area (Å²) in [6.07, 6.45) is 0.